The molecule has 0 bridgehead atoms. The molecule has 4 heteroatoms. The number of nitrogens with two attached hydrogens (primary N) is 2. The molecule has 0 aliphatic rings. The summed E-state index contributed by atoms with van der Waals surface area (Å²) in [7, 11) is 0. The highest BCUT2D eigenvalue weighted by molar-refractivity contribution is 5.69. The van der Waals surface area contributed by atoms with Crippen molar-refractivity contribution >= 4 is 11.7 Å². The van der Waals surface area contributed by atoms with Gasteiger partial charge in [-0.2, -0.15) is 0 Å². The summed E-state index contributed by atoms with van der Waals surface area (Å²) < 4.78 is 0. The second-order valence-electron chi connectivity index (χ2n) is 4.18. The van der Waals surface area contributed by atoms with E-state index in [4.69, 9.17) is 16.6 Å². The van der Waals surface area contributed by atoms with E-state index in [9.17, 15) is 4.79 Å². The number of carboxylic acids is 1. The Labute approximate surface area is 95.3 Å². The lowest BCUT2D eigenvalue weighted by atomic mass is 9.97. The van der Waals surface area contributed by atoms with E-state index in [2.05, 4.69) is 0 Å². The molecule has 0 fully saturated rings. The van der Waals surface area contributed by atoms with Gasteiger partial charge in [0.15, 0.2) is 0 Å². The minimum Gasteiger partial charge on any atom is -0.481 e. The van der Waals surface area contributed by atoms with Gasteiger partial charge in [-0.1, -0.05) is 19.1 Å². The van der Waals surface area contributed by atoms with Crippen LogP contribution in [0.3, 0.4) is 0 Å². The molecule has 16 heavy (non-hydrogen) atoms. The minimum atomic E-state index is -0.798. The lowest BCUT2D eigenvalue weighted by molar-refractivity contribution is -0.141. The van der Waals surface area contributed by atoms with Gasteiger partial charge in [0.05, 0.1) is 5.92 Å². The molecule has 0 heterocycles. The van der Waals surface area contributed by atoms with Gasteiger partial charge < -0.3 is 16.6 Å². The summed E-state index contributed by atoms with van der Waals surface area (Å²) in [6.45, 7) is 1.67. The minimum absolute atomic E-state index is 0.130. The lowest BCUT2D eigenvalue weighted by Crippen LogP contribution is -2.28. The summed E-state index contributed by atoms with van der Waals surface area (Å²) >= 11 is 0. The Bertz CT molecular complexity index is 349. The topological polar surface area (TPSA) is 89.3 Å². The van der Waals surface area contributed by atoms with Gasteiger partial charge in [-0.15, -0.1) is 0 Å². The molecule has 0 aromatic heterocycles. The van der Waals surface area contributed by atoms with E-state index >= 15 is 0 Å². The van der Waals surface area contributed by atoms with Crippen LogP contribution < -0.4 is 11.5 Å². The largest absolute Gasteiger partial charge is 0.481 e. The Morgan fingerprint density at radius 3 is 2.44 bits per heavy atom. The summed E-state index contributed by atoms with van der Waals surface area (Å²) in [6, 6.07) is 7.35. The van der Waals surface area contributed by atoms with Crippen LogP contribution >= 0.6 is 0 Å². The fraction of sp³-hybridized carbons (Fsp3) is 0.417. The first kappa shape index (κ1) is 12.5. The van der Waals surface area contributed by atoms with E-state index in [0.29, 0.717) is 12.8 Å². The fourth-order valence-corrected chi connectivity index (χ4v) is 1.59. The van der Waals surface area contributed by atoms with Crippen molar-refractivity contribution in [3.8, 4) is 0 Å². The van der Waals surface area contributed by atoms with Crippen LogP contribution in [-0.4, -0.2) is 17.1 Å². The van der Waals surface area contributed by atoms with Crippen molar-refractivity contribution in [1.29, 1.82) is 0 Å². The van der Waals surface area contributed by atoms with Gasteiger partial charge in [0.25, 0.3) is 0 Å². The Hall–Kier alpha value is -1.55. The van der Waals surface area contributed by atoms with Crippen LogP contribution in [-0.2, 0) is 11.2 Å². The third-order valence-electron chi connectivity index (χ3n) is 2.56. The number of hydrogen-bond acceptors (Lipinski definition) is 3. The monoisotopic (exact) mass is 222 g/mol. The molecule has 1 aromatic carbocycles. The van der Waals surface area contributed by atoms with Crippen molar-refractivity contribution in [3.05, 3.63) is 29.8 Å². The van der Waals surface area contributed by atoms with Crippen LogP contribution in [0.5, 0.6) is 0 Å². The third kappa shape index (κ3) is 3.90. The summed E-state index contributed by atoms with van der Waals surface area (Å²) in [4.78, 5) is 10.7. The molecule has 0 saturated heterocycles. The molecule has 1 rings (SSSR count). The molecule has 0 aliphatic carbocycles. The molecule has 1 aromatic rings. The van der Waals surface area contributed by atoms with Crippen LogP contribution in [0.25, 0.3) is 0 Å². The predicted octanol–water partition coefficient (Wildman–Crippen LogP) is 1.25. The SMILES string of the molecule is C[C@H](C[C@@H](N)Cc1ccc(N)cc1)C(=O)O. The van der Waals surface area contributed by atoms with E-state index < -0.39 is 11.9 Å². The van der Waals surface area contributed by atoms with Crippen molar-refractivity contribution < 1.29 is 9.90 Å². The summed E-state index contributed by atoms with van der Waals surface area (Å²) in [5, 5.41) is 8.76. The molecular weight excluding hydrogens is 204 g/mol. The molecule has 0 unspecified atom stereocenters. The van der Waals surface area contributed by atoms with Crippen molar-refractivity contribution in [2.45, 2.75) is 25.8 Å². The van der Waals surface area contributed by atoms with Gasteiger partial charge >= 0.3 is 5.97 Å². The average molecular weight is 222 g/mol. The fourth-order valence-electron chi connectivity index (χ4n) is 1.59. The Kier molecular flexibility index (Phi) is 4.31. The Balaban J connectivity index is 2.48. The van der Waals surface area contributed by atoms with Crippen molar-refractivity contribution in [3.63, 3.8) is 0 Å². The summed E-state index contributed by atoms with van der Waals surface area (Å²) in [6.07, 6.45) is 1.16. The van der Waals surface area contributed by atoms with E-state index in [1.54, 1.807) is 6.92 Å². The second kappa shape index (κ2) is 5.51. The van der Waals surface area contributed by atoms with Crippen LogP contribution in [0.1, 0.15) is 18.9 Å². The molecule has 2 atom stereocenters. The highest BCUT2D eigenvalue weighted by atomic mass is 16.4. The molecule has 4 nitrogen and oxygen atoms in total. The molecule has 0 spiro atoms. The zero-order valence-electron chi connectivity index (χ0n) is 9.39. The van der Waals surface area contributed by atoms with Gasteiger partial charge in [-0.25, -0.2) is 0 Å². The van der Waals surface area contributed by atoms with Crippen LogP contribution in [0.2, 0.25) is 0 Å². The number of nitrogen functional groups attached to an aromatic ring is 1. The van der Waals surface area contributed by atoms with Gasteiger partial charge in [0, 0.05) is 11.7 Å². The average Bonchev–Trinajstić information content (AvgIpc) is 2.21. The number of hydrogen-bond donors (Lipinski definition) is 3. The van der Waals surface area contributed by atoms with E-state index in [1.165, 1.54) is 0 Å². The van der Waals surface area contributed by atoms with Crippen LogP contribution in [0.15, 0.2) is 24.3 Å². The first-order chi connectivity index (χ1) is 7.49. The molecule has 88 valence electrons. The third-order valence-corrected chi connectivity index (χ3v) is 2.56. The van der Waals surface area contributed by atoms with Crippen molar-refractivity contribution in [1.82, 2.24) is 0 Å². The van der Waals surface area contributed by atoms with Crippen molar-refractivity contribution in [2.75, 3.05) is 5.73 Å². The Morgan fingerprint density at radius 1 is 1.38 bits per heavy atom. The summed E-state index contributed by atoms with van der Waals surface area (Å²) in [5.41, 5.74) is 13.3. The molecule has 5 N–H and O–H groups in total. The van der Waals surface area contributed by atoms with Crippen LogP contribution in [0, 0.1) is 5.92 Å². The number of benzene rings is 1. The molecule has 0 amide bonds. The highest BCUT2D eigenvalue weighted by Crippen LogP contribution is 2.11. The maximum atomic E-state index is 10.7. The first-order valence-electron chi connectivity index (χ1n) is 5.32. The molecule has 0 aliphatic heterocycles. The smallest absolute Gasteiger partial charge is 0.306 e. The number of carbonyl (C=O) groups is 1. The van der Waals surface area contributed by atoms with Crippen molar-refractivity contribution in [2.24, 2.45) is 11.7 Å². The molecular formula is C12H18N2O2. The second-order valence-corrected chi connectivity index (χ2v) is 4.18. The zero-order valence-corrected chi connectivity index (χ0v) is 9.39. The predicted molar refractivity (Wildman–Crippen MR) is 64.0 cm³/mol. The number of anilines is 1. The first-order valence-corrected chi connectivity index (χ1v) is 5.32. The normalized spacial score (nSPS) is 14.4. The number of carboxylic acid groups (broad SMARTS) is 1. The van der Waals surface area contributed by atoms with Gasteiger partial charge in [0.1, 0.15) is 0 Å². The maximum Gasteiger partial charge on any atom is 0.306 e. The van der Waals surface area contributed by atoms with E-state index in [0.717, 1.165) is 11.3 Å². The molecule has 0 saturated carbocycles. The standard InChI is InChI=1S/C12H18N2O2/c1-8(12(15)16)6-11(14)7-9-2-4-10(13)5-3-9/h2-5,8,11H,6-7,13-14H2,1H3,(H,15,16)/t8-,11-/m1/s1. The van der Waals surface area contributed by atoms with Gasteiger partial charge in [-0.3, -0.25) is 4.79 Å². The Morgan fingerprint density at radius 2 is 1.94 bits per heavy atom. The zero-order chi connectivity index (χ0) is 12.1. The quantitative estimate of drug-likeness (QED) is 0.654. The summed E-state index contributed by atoms with van der Waals surface area (Å²) in [5.74, 6) is -1.20. The maximum absolute atomic E-state index is 10.7. The van der Waals surface area contributed by atoms with Crippen LogP contribution in [0.4, 0.5) is 5.69 Å². The molecule has 0 radical (unpaired) electrons. The number of aliphatic carboxylic acids is 1. The lowest BCUT2D eigenvalue weighted by Gasteiger charge is -2.14. The highest BCUT2D eigenvalue weighted by Gasteiger charge is 2.15. The van der Waals surface area contributed by atoms with Gasteiger partial charge in [-0.05, 0) is 30.5 Å². The van der Waals surface area contributed by atoms with E-state index in [-0.39, 0.29) is 6.04 Å². The van der Waals surface area contributed by atoms with Gasteiger partial charge in [0.2, 0.25) is 0 Å². The number of rotatable bonds is 5. The van der Waals surface area contributed by atoms with E-state index in [1.807, 2.05) is 24.3 Å².